The number of nitrogens with zero attached hydrogens (tertiary/aromatic N) is 3. The predicted molar refractivity (Wildman–Crippen MR) is 116 cm³/mol. The third kappa shape index (κ3) is 4.14. The number of pyridine rings is 3. The fourth-order valence-electron chi connectivity index (χ4n) is 3.87. The molecule has 3 N–H and O–H groups in total. The second-order valence-electron chi connectivity index (χ2n) is 7.82. The molecule has 0 unspecified atom stereocenters. The van der Waals surface area contributed by atoms with Crippen LogP contribution in [0, 0.1) is 12.7 Å². The number of fused-ring (bicyclic) bond motifs is 1. The van der Waals surface area contributed by atoms with Gasteiger partial charge in [0.25, 0.3) is 5.56 Å². The van der Waals surface area contributed by atoms with Gasteiger partial charge in [-0.1, -0.05) is 0 Å². The standard InChI is InChI=1S/C22H26FN5O2/c1-3-28-9-8-14-11-19(26-18-10-13(2)17(23)12-24-18)27-21(20(14)22(28)30)25-15-4-6-16(29)7-5-15/h8-12,15-16,29H,3-7H2,1-2H3,(H2,24,25,26,27)/t15-,16+. The minimum Gasteiger partial charge on any atom is -0.393 e. The first-order valence-corrected chi connectivity index (χ1v) is 10.3. The summed E-state index contributed by atoms with van der Waals surface area (Å²) in [4.78, 5) is 21.7. The van der Waals surface area contributed by atoms with Crippen molar-refractivity contribution in [3.63, 3.8) is 0 Å². The van der Waals surface area contributed by atoms with Crippen LogP contribution in [0.4, 0.5) is 21.8 Å². The number of anilines is 3. The average molecular weight is 411 g/mol. The summed E-state index contributed by atoms with van der Waals surface area (Å²) in [5.41, 5.74) is 0.390. The van der Waals surface area contributed by atoms with Gasteiger partial charge >= 0.3 is 0 Å². The third-order valence-corrected chi connectivity index (χ3v) is 5.64. The molecule has 7 nitrogen and oxygen atoms in total. The molecule has 1 aliphatic carbocycles. The van der Waals surface area contributed by atoms with Crippen molar-refractivity contribution in [2.45, 2.75) is 58.2 Å². The number of rotatable bonds is 5. The zero-order chi connectivity index (χ0) is 21.3. The molecule has 0 spiro atoms. The van der Waals surface area contributed by atoms with Crippen LogP contribution in [0.5, 0.6) is 0 Å². The zero-order valence-corrected chi connectivity index (χ0v) is 17.2. The molecule has 0 atom stereocenters. The largest absolute Gasteiger partial charge is 0.393 e. The summed E-state index contributed by atoms with van der Waals surface area (Å²) >= 11 is 0. The lowest BCUT2D eigenvalue weighted by atomic mass is 9.93. The minimum atomic E-state index is -0.367. The van der Waals surface area contributed by atoms with Gasteiger partial charge in [-0.2, -0.15) is 0 Å². The molecular weight excluding hydrogens is 385 g/mol. The van der Waals surface area contributed by atoms with Crippen LogP contribution in [-0.4, -0.2) is 31.8 Å². The van der Waals surface area contributed by atoms with Gasteiger partial charge in [0.15, 0.2) is 0 Å². The Balaban J connectivity index is 1.74. The molecule has 0 bridgehead atoms. The Labute approximate surface area is 174 Å². The first kappa shape index (κ1) is 20.3. The van der Waals surface area contributed by atoms with Gasteiger partial charge in [-0.25, -0.2) is 14.4 Å². The highest BCUT2D eigenvalue weighted by Gasteiger charge is 2.21. The summed E-state index contributed by atoms with van der Waals surface area (Å²) in [5, 5.41) is 17.6. The number of nitrogens with one attached hydrogen (secondary N) is 2. The number of aliphatic hydroxyl groups is 1. The highest BCUT2D eigenvalue weighted by atomic mass is 19.1. The monoisotopic (exact) mass is 411 g/mol. The molecule has 8 heteroatoms. The van der Waals surface area contributed by atoms with Crippen molar-refractivity contribution in [2.24, 2.45) is 0 Å². The second-order valence-corrected chi connectivity index (χ2v) is 7.82. The minimum absolute atomic E-state index is 0.0943. The van der Waals surface area contributed by atoms with E-state index in [1.165, 1.54) is 6.20 Å². The molecular formula is C22H26FN5O2. The molecule has 0 radical (unpaired) electrons. The Kier molecular flexibility index (Phi) is 5.67. The molecule has 1 fully saturated rings. The van der Waals surface area contributed by atoms with Crippen LogP contribution < -0.4 is 16.2 Å². The van der Waals surface area contributed by atoms with Gasteiger partial charge < -0.3 is 20.3 Å². The summed E-state index contributed by atoms with van der Waals surface area (Å²) in [6.07, 6.45) is 5.77. The van der Waals surface area contributed by atoms with Gasteiger partial charge in [-0.3, -0.25) is 4.79 Å². The Morgan fingerprint density at radius 1 is 1.23 bits per heavy atom. The van der Waals surface area contributed by atoms with Crippen LogP contribution in [-0.2, 0) is 6.54 Å². The highest BCUT2D eigenvalue weighted by Crippen LogP contribution is 2.28. The van der Waals surface area contributed by atoms with E-state index in [0.29, 0.717) is 34.9 Å². The average Bonchev–Trinajstić information content (AvgIpc) is 2.72. The fourth-order valence-corrected chi connectivity index (χ4v) is 3.87. The molecule has 3 aromatic heterocycles. The van der Waals surface area contributed by atoms with E-state index in [2.05, 4.69) is 20.6 Å². The van der Waals surface area contributed by atoms with Crippen molar-refractivity contribution >= 4 is 28.2 Å². The second kappa shape index (κ2) is 8.39. The molecule has 0 aromatic carbocycles. The van der Waals surface area contributed by atoms with Crippen LogP contribution in [0.1, 0.15) is 38.2 Å². The summed E-state index contributed by atoms with van der Waals surface area (Å²) in [6.45, 7) is 4.17. The number of hydrogen-bond donors (Lipinski definition) is 3. The van der Waals surface area contributed by atoms with Gasteiger partial charge in [-0.05, 0) is 68.7 Å². The number of aryl methyl sites for hydroxylation is 2. The molecule has 1 aliphatic rings. The maximum absolute atomic E-state index is 13.5. The molecule has 30 heavy (non-hydrogen) atoms. The SMILES string of the molecule is CCn1ccc2cc(Nc3cc(C)c(F)cn3)nc(N[C@H]3CC[C@@H](O)CC3)c2c1=O. The van der Waals surface area contributed by atoms with Crippen molar-refractivity contribution in [3.05, 3.63) is 52.3 Å². The van der Waals surface area contributed by atoms with Crippen molar-refractivity contribution in [3.8, 4) is 0 Å². The number of hydrogen-bond acceptors (Lipinski definition) is 6. The molecule has 4 rings (SSSR count). The van der Waals surface area contributed by atoms with E-state index >= 15 is 0 Å². The molecule has 3 aromatic rings. The van der Waals surface area contributed by atoms with Crippen molar-refractivity contribution in [2.75, 3.05) is 10.6 Å². The van der Waals surface area contributed by atoms with Gasteiger partial charge in [0.05, 0.1) is 17.7 Å². The van der Waals surface area contributed by atoms with Gasteiger partial charge in [0.1, 0.15) is 23.3 Å². The van der Waals surface area contributed by atoms with E-state index in [-0.39, 0.29) is 23.5 Å². The van der Waals surface area contributed by atoms with E-state index in [9.17, 15) is 14.3 Å². The van der Waals surface area contributed by atoms with E-state index in [1.54, 1.807) is 29.8 Å². The quantitative estimate of drug-likeness (QED) is 0.593. The lowest BCUT2D eigenvalue weighted by Gasteiger charge is -2.27. The Bertz CT molecular complexity index is 1120. The fraction of sp³-hybridized carbons (Fsp3) is 0.409. The summed E-state index contributed by atoms with van der Waals surface area (Å²) < 4.78 is 15.2. The predicted octanol–water partition coefficient (Wildman–Crippen LogP) is 3.72. The molecule has 0 aliphatic heterocycles. The van der Waals surface area contributed by atoms with Crippen molar-refractivity contribution in [1.29, 1.82) is 0 Å². The summed E-state index contributed by atoms with van der Waals surface area (Å²) in [6, 6.07) is 5.45. The molecule has 0 amide bonds. The van der Waals surface area contributed by atoms with Crippen LogP contribution >= 0.6 is 0 Å². The van der Waals surface area contributed by atoms with E-state index in [0.717, 1.165) is 31.1 Å². The molecule has 1 saturated carbocycles. The lowest BCUT2D eigenvalue weighted by molar-refractivity contribution is 0.126. The maximum atomic E-state index is 13.5. The van der Waals surface area contributed by atoms with Gasteiger partial charge in [-0.15, -0.1) is 0 Å². The third-order valence-electron chi connectivity index (χ3n) is 5.64. The van der Waals surface area contributed by atoms with Gasteiger partial charge in [0, 0.05) is 18.8 Å². The van der Waals surface area contributed by atoms with Crippen LogP contribution in [0.25, 0.3) is 10.8 Å². The summed E-state index contributed by atoms with van der Waals surface area (Å²) in [7, 11) is 0. The van der Waals surface area contributed by atoms with E-state index in [4.69, 9.17) is 0 Å². The molecule has 3 heterocycles. The Morgan fingerprint density at radius 2 is 2.00 bits per heavy atom. The van der Waals surface area contributed by atoms with E-state index in [1.807, 2.05) is 13.0 Å². The Hall–Kier alpha value is -3.00. The number of halogens is 1. The normalized spacial score (nSPS) is 19.1. The first-order chi connectivity index (χ1) is 14.4. The van der Waals surface area contributed by atoms with Crippen molar-refractivity contribution in [1.82, 2.24) is 14.5 Å². The first-order valence-electron chi connectivity index (χ1n) is 10.3. The topological polar surface area (TPSA) is 92.1 Å². The highest BCUT2D eigenvalue weighted by molar-refractivity contribution is 5.93. The zero-order valence-electron chi connectivity index (χ0n) is 17.2. The van der Waals surface area contributed by atoms with Gasteiger partial charge in [0.2, 0.25) is 0 Å². The Morgan fingerprint density at radius 3 is 2.70 bits per heavy atom. The summed E-state index contributed by atoms with van der Waals surface area (Å²) in [5.74, 6) is 1.15. The van der Waals surface area contributed by atoms with E-state index < -0.39 is 0 Å². The maximum Gasteiger partial charge on any atom is 0.262 e. The van der Waals surface area contributed by atoms with Crippen molar-refractivity contribution < 1.29 is 9.50 Å². The van der Waals surface area contributed by atoms with Crippen LogP contribution in [0.3, 0.4) is 0 Å². The number of aliphatic hydroxyl groups excluding tert-OH is 1. The van der Waals surface area contributed by atoms with Crippen LogP contribution in [0.15, 0.2) is 35.4 Å². The number of aromatic nitrogens is 3. The van der Waals surface area contributed by atoms with Crippen LogP contribution in [0.2, 0.25) is 0 Å². The molecule has 158 valence electrons. The molecule has 0 saturated heterocycles. The smallest absolute Gasteiger partial charge is 0.262 e. The lowest BCUT2D eigenvalue weighted by Crippen LogP contribution is -2.29.